The van der Waals surface area contributed by atoms with Gasteiger partial charge < -0.3 is 21.6 Å². The lowest BCUT2D eigenvalue weighted by atomic mass is 10.2. The van der Waals surface area contributed by atoms with E-state index in [-0.39, 0.29) is 18.4 Å². The average molecular weight is 278 g/mol. The van der Waals surface area contributed by atoms with Crippen molar-refractivity contribution in [3.8, 4) is 0 Å². The summed E-state index contributed by atoms with van der Waals surface area (Å²) >= 11 is 0. The molecule has 0 bridgehead atoms. The molecule has 3 nitrogen and oxygen atoms in total. The molecule has 0 saturated heterocycles. The summed E-state index contributed by atoms with van der Waals surface area (Å²) in [4.78, 5) is 11.2. The molecule has 0 aromatic carbocycles. The molecule has 0 aliphatic heterocycles. The van der Waals surface area contributed by atoms with E-state index in [0.717, 1.165) is 24.0 Å². The van der Waals surface area contributed by atoms with Crippen molar-refractivity contribution in [3.05, 3.63) is 12.2 Å². The average Bonchev–Trinajstić information content (AvgIpc) is 2.31. The van der Waals surface area contributed by atoms with Crippen LogP contribution in [0.1, 0.15) is 40.0 Å². The van der Waals surface area contributed by atoms with Crippen LogP contribution in [-0.2, 0) is 9.53 Å². The van der Waals surface area contributed by atoms with Crippen LogP contribution in [0.15, 0.2) is 12.2 Å². The van der Waals surface area contributed by atoms with E-state index >= 15 is 0 Å². The van der Waals surface area contributed by atoms with E-state index in [0.29, 0.717) is 12.2 Å². The number of hydrogen-bond acceptors (Lipinski definition) is 2. The normalized spacial score (nSPS) is 13.3. The summed E-state index contributed by atoms with van der Waals surface area (Å²) in [6, 6.07) is 0. The summed E-state index contributed by atoms with van der Waals surface area (Å²) < 4.78 is 6.17. The molecule has 1 atom stereocenters. The number of rotatable bonds is 9. The van der Waals surface area contributed by atoms with E-state index in [4.69, 9.17) is 4.74 Å². The van der Waals surface area contributed by atoms with Crippen LogP contribution in [0.4, 0.5) is 0 Å². The summed E-state index contributed by atoms with van der Waals surface area (Å²) in [7, 11) is 2.27. The minimum absolute atomic E-state index is 0. The van der Waals surface area contributed by atoms with Gasteiger partial charge >= 0.3 is 5.97 Å². The monoisotopic (exact) mass is 277 g/mol. The van der Waals surface area contributed by atoms with Crippen molar-refractivity contribution < 1.29 is 26.4 Å². The Bertz CT molecular complexity index is 256. The molecule has 0 heterocycles. The van der Waals surface area contributed by atoms with Gasteiger partial charge in [0.2, 0.25) is 0 Å². The van der Waals surface area contributed by atoms with E-state index in [1.54, 1.807) is 6.92 Å². The number of nitrogens with zero attached hydrogens (tertiary/aromatic N) is 1. The minimum Gasteiger partial charge on any atom is -1.00 e. The Morgan fingerprint density at radius 1 is 1.22 bits per heavy atom. The molecule has 0 aromatic heterocycles. The molecule has 1 unspecified atom stereocenters. The van der Waals surface area contributed by atoms with Crippen molar-refractivity contribution in [1.29, 1.82) is 0 Å². The second-order valence-corrected chi connectivity index (χ2v) is 5.01. The molecule has 4 heteroatoms. The molecule has 0 fully saturated rings. The fraction of sp³-hybridized carbons (Fsp3) is 0.786. The lowest BCUT2D eigenvalue weighted by molar-refractivity contribution is -0.908. The number of halogens is 1. The first-order valence-electron chi connectivity index (χ1n) is 6.61. The van der Waals surface area contributed by atoms with Crippen LogP contribution < -0.4 is 12.4 Å². The van der Waals surface area contributed by atoms with E-state index in [9.17, 15) is 4.79 Å². The molecule has 0 aliphatic rings. The number of quaternary nitrogens is 1. The van der Waals surface area contributed by atoms with Gasteiger partial charge in [0.05, 0.1) is 33.3 Å². The number of unbranched alkanes of at least 4 members (excludes halogenated alkanes) is 1. The van der Waals surface area contributed by atoms with Crippen LogP contribution >= 0.6 is 0 Å². The van der Waals surface area contributed by atoms with Crippen molar-refractivity contribution >= 4 is 5.97 Å². The molecule has 0 saturated carbocycles. The van der Waals surface area contributed by atoms with Gasteiger partial charge in [-0.1, -0.05) is 19.9 Å². The highest BCUT2D eigenvalue weighted by Gasteiger charge is 2.17. The first kappa shape index (κ1) is 19.8. The Morgan fingerprint density at radius 2 is 1.78 bits per heavy atom. The first-order valence-corrected chi connectivity index (χ1v) is 6.61. The van der Waals surface area contributed by atoms with Crippen LogP contribution in [0.25, 0.3) is 0 Å². The Kier molecular flexibility index (Phi) is 11.4. The Hall–Kier alpha value is -0.540. The highest BCUT2D eigenvalue weighted by Crippen LogP contribution is 2.07. The zero-order valence-electron chi connectivity index (χ0n) is 12.3. The highest BCUT2D eigenvalue weighted by atomic mass is 35.5. The van der Waals surface area contributed by atoms with E-state index in [1.807, 2.05) is 0 Å². The lowest BCUT2D eigenvalue weighted by Crippen LogP contribution is -3.00. The van der Waals surface area contributed by atoms with E-state index < -0.39 is 0 Å². The third-order valence-corrected chi connectivity index (χ3v) is 3.24. The Morgan fingerprint density at radius 3 is 2.22 bits per heavy atom. The molecule has 0 aliphatic carbocycles. The number of hydrogen-bond donors (Lipinski definition) is 0. The molecular weight excluding hydrogens is 250 g/mol. The maximum absolute atomic E-state index is 11.2. The van der Waals surface area contributed by atoms with Crippen molar-refractivity contribution in [3.63, 3.8) is 0 Å². The molecule has 18 heavy (non-hydrogen) atoms. The van der Waals surface area contributed by atoms with Crippen molar-refractivity contribution in [1.82, 2.24) is 0 Å². The fourth-order valence-corrected chi connectivity index (χ4v) is 1.70. The SMILES string of the molecule is C=C(C)C(=O)OCCC[N+](C)(CC)CCCC.[Cl-]. The summed E-state index contributed by atoms with van der Waals surface area (Å²) in [6.07, 6.45) is 3.42. The zero-order valence-corrected chi connectivity index (χ0v) is 13.1. The quantitative estimate of drug-likeness (QED) is 0.252. The third kappa shape index (κ3) is 8.54. The molecule has 0 rings (SSSR count). The molecule has 0 radical (unpaired) electrons. The van der Waals surface area contributed by atoms with Crippen LogP contribution in [0.2, 0.25) is 0 Å². The van der Waals surface area contributed by atoms with Gasteiger partial charge in [-0.2, -0.15) is 0 Å². The highest BCUT2D eigenvalue weighted by molar-refractivity contribution is 5.86. The van der Waals surface area contributed by atoms with Gasteiger partial charge in [0.15, 0.2) is 0 Å². The van der Waals surface area contributed by atoms with Gasteiger partial charge in [0.1, 0.15) is 0 Å². The number of ether oxygens (including phenoxy) is 1. The summed E-state index contributed by atoms with van der Waals surface area (Å²) in [6.45, 7) is 13.6. The van der Waals surface area contributed by atoms with Crippen LogP contribution in [0.5, 0.6) is 0 Å². The maximum atomic E-state index is 11.2. The molecule has 0 spiro atoms. The predicted octanol–water partition coefficient (Wildman–Crippen LogP) is -0.234. The van der Waals surface area contributed by atoms with Gasteiger partial charge in [0.25, 0.3) is 0 Å². The lowest BCUT2D eigenvalue weighted by Gasteiger charge is -2.33. The molecule has 0 aromatic rings. The van der Waals surface area contributed by atoms with Crippen molar-refractivity contribution in [2.24, 2.45) is 0 Å². The fourth-order valence-electron chi connectivity index (χ4n) is 1.70. The zero-order chi connectivity index (χ0) is 13.3. The van der Waals surface area contributed by atoms with Gasteiger partial charge in [-0.25, -0.2) is 4.79 Å². The van der Waals surface area contributed by atoms with Crippen LogP contribution in [-0.4, -0.2) is 43.7 Å². The second kappa shape index (κ2) is 10.4. The predicted molar refractivity (Wildman–Crippen MR) is 71.8 cm³/mol. The van der Waals surface area contributed by atoms with Crippen LogP contribution in [0, 0.1) is 0 Å². The van der Waals surface area contributed by atoms with Gasteiger partial charge in [-0.15, -0.1) is 0 Å². The Labute approximate surface area is 118 Å². The standard InChI is InChI=1S/C14H28NO2.ClH/c1-6-8-10-15(5,7-2)11-9-12-17-14(16)13(3)4;/h3,6-12H2,1-2,4-5H3;1H/q+1;/p-1. The largest absolute Gasteiger partial charge is 1.00 e. The van der Waals surface area contributed by atoms with Crippen LogP contribution in [0.3, 0.4) is 0 Å². The van der Waals surface area contributed by atoms with Gasteiger partial charge in [-0.05, 0) is 20.3 Å². The number of carbonyl (C=O) groups is 1. The minimum atomic E-state index is -0.274. The second-order valence-electron chi connectivity index (χ2n) is 5.01. The topological polar surface area (TPSA) is 26.3 Å². The van der Waals surface area contributed by atoms with Gasteiger partial charge in [-0.3, -0.25) is 0 Å². The molecule has 0 amide bonds. The number of carbonyl (C=O) groups excluding carboxylic acids is 1. The number of esters is 1. The smallest absolute Gasteiger partial charge is 0.333 e. The molecule has 0 N–H and O–H groups in total. The van der Waals surface area contributed by atoms with Crippen molar-refractivity contribution in [2.75, 3.05) is 33.3 Å². The molecular formula is C14H28ClNO2. The summed E-state index contributed by atoms with van der Waals surface area (Å²) in [5.74, 6) is -0.274. The maximum Gasteiger partial charge on any atom is 0.333 e. The summed E-state index contributed by atoms with van der Waals surface area (Å²) in [5, 5.41) is 0. The van der Waals surface area contributed by atoms with E-state index in [2.05, 4.69) is 27.5 Å². The Balaban J connectivity index is 0. The third-order valence-electron chi connectivity index (χ3n) is 3.24. The first-order chi connectivity index (χ1) is 7.95. The summed E-state index contributed by atoms with van der Waals surface area (Å²) in [5.41, 5.74) is 0.476. The van der Waals surface area contributed by atoms with Crippen molar-refractivity contribution in [2.45, 2.75) is 40.0 Å². The van der Waals surface area contributed by atoms with E-state index in [1.165, 1.54) is 19.4 Å². The molecule has 108 valence electrons. The van der Waals surface area contributed by atoms with Gasteiger partial charge in [0, 0.05) is 12.0 Å².